The van der Waals surface area contributed by atoms with Crippen molar-refractivity contribution in [2.24, 2.45) is 5.73 Å². The molecular weight excluding hydrogens is 256 g/mol. The van der Waals surface area contributed by atoms with E-state index >= 15 is 0 Å². The maximum absolute atomic E-state index is 11.6. The third-order valence-corrected chi connectivity index (χ3v) is 3.50. The van der Waals surface area contributed by atoms with Crippen LogP contribution in [-0.2, 0) is 14.3 Å². The summed E-state index contributed by atoms with van der Waals surface area (Å²) in [6, 6.07) is -0.505. The normalized spacial score (nSPS) is 24.8. The first-order valence-corrected chi connectivity index (χ1v) is 7.34. The zero-order valence-electron chi connectivity index (χ0n) is 10.4. The first kappa shape index (κ1) is 15.3. The van der Waals surface area contributed by atoms with Gasteiger partial charge in [0.1, 0.15) is 0 Å². The molecule has 0 saturated carbocycles. The number of aliphatic carboxylic acids is 1. The molecule has 1 heterocycles. The Hall–Kier alpha value is -0.790. The summed E-state index contributed by atoms with van der Waals surface area (Å²) >= 11 is 1.64. The van der Waals surface area contributed by atoms with E-state index in [1.807, 2.05) is 6.26 Å². The van der Waals surface area contributed by atoms with Gasteiger partial charge in [0, 0.05) is 6.54 Å². The van der Waals surface area contributed by atoms with Crippen molar-refractivity contribution < 1.29 is 19.4 Å². The smallest absolute Gasteiger partial charge is 0.332 e. The van der Waals surface area contributed by atoms with Crippen molar-refractivity contribution in [3.8, 4) is 0 Å². The highest BCUT2D eigenvalue weighted by Crippen LogP contribution is 2.19. The van der Waals surface area contributed by atoms with Crippen LogP contribution < -0.4 is 11.1 Å². The lowest BCUT2D eigenvalue weighted by molar-refractivity contribution is -0.149. The fourth-order valence-corrected chi connectivity index (χ4v) is 2.25. The van der Waals surface area contributed by atoms with Crippen LogP contribution in [0.4, 0.5) is 0 Å². The monoisotopic (exact) mass is 276 g/mol. The van der Waals surface area contributed by atoms with Gasteiger partial charge in [-0.3, -0.25) is 4.79 Å². The van der Waals surface area contributed by atoms with Crippen molar-refractivity contribution in [3.05, 3.63) is 0 Å². The van der Waals surface area contributed by atoms with Gasteiger partial charge in [0.05, 0.1) is 12.1 Å². The molecular formula is C11H20N2O4S. The van der Waals surface area contributed by atoms with E-state index in [0.717, 1.165) is 5.75 Å². The van der Waals surface area contributed by atoms with Gasteiger partial charge in [-0.2, -0.15) is 11.8 Å². The van der Waals surface area contributed by atoms with Crippen LogP contribution in [0.3, 0.4) is 0 Å². The predicted molar refractivity (Wildman–Crippen MR) is 69.5 cm³/mol. The lowest BCUT2D eigenvalue weighted by Gasteiger charge is -2.15. The largest absolute Gasteiger partial charge is 0.479 e. The molecule has 1 fully saturated rings. The van der Waals surface area contributed by atoms with Crippen molar-refractivity contribution in [1.82, 2.24) is 5.32 Å². The fourth-order valence-electron chi connectivity index (χ4n) is 1.76. The Morgan fingerprint density at radius 1 is 1.56 bits per heavy atom. The lowest BCUT2D eigenvalue weighted by Crippen LogP contribution is -2.43. The second kappa shape index (κ2) is 7.60. The van der Waals surface area contributed by atoms with Gasteiger partial charge in [-0.15, -0.1) is 0 Å². The van der Waals surface area contributed by atoms with Crippen molar-refractivity contribution in [3.63, 3.8) is 0 Å². The van der Waals surface area contributed by atoms with Gasteiger partial charge < -0.3 is 20.9 Å². The van der Waals surface area contributed by atoms with Crippen LogP contribution in [-0.4, -0.2) is 53.8 Å². The third-order valence-electron chi connectivity index (χ3n) is 2.86. The number of nitrogens with two attached hydrogens (primary N) is 1. The summed E-state index contributed by atoms with van der Waals surface area (Å²) in [6.07, 6.45) is 2.78. The number of hydrogen-bond acceptors (Lipinski definition) is 5. The maximum Gasteiger partial charge on any atom is 0.332 e. The minimum Gasteiger partial charge on any atom is -0.479 e. The van der Waals surface area contributed by atoms with Crippen LogP contribution in [0.5, 0.6) is 0 Å². The van der Waals surface area contributed by atoms with Crippen LogP contribution in [0.15, 0.2) is 0 Å². The second-order valence-electron chi connectivity index (χ2n) is 4.30. The van der Waals surface area contributed by atoms with Crippen molar-refractivity contribution >= 4 is 23.6 Å². The van der Waals surface area contributed by atoms with Gasteiger partial charge in [0.2, 0.25) is 5.91 Å². The van der Waals surface area contributed by atoms with Crippen molar-refractivity contribution in [1.29, 1.82) is 0 Å². The molecule has 1 rings (SSSR count). The molecule has 4 N–H and O–H groups in total. The molecule has 1 aliphatic heterocycles. The summed E-state index contributed by atoms with van der Waals surface area (Å²) in [5.41, 5.74) is 5.70. The van der Waals surface area contributed by atoms with Crippen LogP contribution >= 0.6 is 11.8 Å². The number of carbonyl (C=O) groups is 2. The molecule has 104 valence electrons. The van der Waals surface area contributed by atoms with Crippen LogP contribution in [0, 0.1) is 0 Å². The zero-order valence-corrected chi connectivity index (χ0v) is 11.2. The predicted octanol–water partition coefficient (Wildman–Crippen LogP) is -0.185. The maximum atomic E-state index is 11.6. The molecule has 18 heavy (non-hydrogen) atoms. The molecule has 0 aliphatic carbocycles. The molecule has 1 saturated heterocycles. The summed E-state index contributed by atoms with van der Waals surface area (Å²) in [5.74, 6) is -0.304. The molecule has 1 aliphatic rings. The highest BCUT2D eigenvalue weighted by atomic mass is 32.2. The van der Waals surface area contributed by atoms with E-state index in [0.29, 0.717) is 25.8 Å². The van der Waals surface area contributed by atoms with Crippen LogP contribution in [0.25, 0.3) is 0 Å². The van der Waals surface area contributed by atoms with Crippen LogP contribution in [0.1, 0.15) is 19.3 Å². The Morgan fingerprint density at radius 2 is 2.28 bits per heavy atom. The number of carboxylic acids is 1. The number of amides is 1. The standard InChI is InChI=1S/C11H20N2O4S/c1-18-5-4-8(12)10(14)13-6-7-2-3-9(17-7)11(15)16/h7-9H,2-6,12H2,1H3,(H,13,14)(H,15,16)/t7?,8-,9?/m1/s1. The van der Waals surface area contributed by atoms with Gasteiger partial charge >= 0.3 is 5.97 Å². The number of carbonyl (C=O) groups excluding carboxylic acids is 1. The molecule has 0 bridgehead atoms. The van der Waals surface area contributed by atoms with E-state index in [1.54, 1.807) is 11.8 Å². The average molecular weight is 276 g/mol. The molecule has 0 aromatic heterocycles. The Bertz CT molecular complexity index is 301. The number of hydrogen-bond donors (Lipinski definition) is 3. The zero-order chi connectivity index (χ0) is 13.5. The first-order valence-electron chi connectivity index (χ1n) is 5.95. The van der Waals surface area contributed by atoms with Gasteiger partial charge in [0.25, 0.3) is 0 Å². The molecule has 0 aromatic rings. The highest BCUT2D eigenvalue weighted by molar-refractivity contribution is 7.98. The molecule has 7 heteroatoms. The van der Waals surface area contributed by atoms with Crippen molar-refractivity contribution in [2.45, 2.75) is 37.5 Å². The summed E-state index contributed by atoms with van der Waals surface area (Å²) in [5, 5.41) is 11.5. The first-order chi connectivity index (χ1) is 8.54. The Labute approximate surface area is 111 Å². The SMILES string of the molecule is CSCC[C@@H](N)C(=O)NCC1CCC(C(=O)O)O1. The number of rotatable bonds is 7. The van der Waals surface area contributed by atoms with Gasteiger partial charge in [-0.25, -0.2) is 4.79 Å². The minimum atomic E-state index is -0.944. The summed E-state index contributed by atoms with van der Waals surface area (Å²) in [6.45, 7) is 0.329. The molecule has 2 unspecified atom stereocenters. The van der Waals surface area contributed by atoms with Gasteiger partial charge in [-0.1, -0.05) is 0 Å². The number of nitrogens with one attached hydrogen (secondary N) is 1. The summed E-state index contributed by atoms with van der Waals surface area (Å²) in [4.78, 5) is 22.3. The highest BCUT2D eigenvalue weighted by Gasteiger charge is 2.30. The molecule has 0 spiro atoms. The molecule has 0 radical (unpaired) electrons. The summed E-state index contributed by atoms with van der Waals surface area (Å²) in [7, 11) is 0. The summed E-state index contributed by atoms with van der Waals surface area (Å²) < 4.78 is 5.27. The number of carboxylic acid groups (broad SMARTS) is 1. The molecule has 3 atom stereocenters. The van der Waals surface area contributed by atoms with Gasteiger partial charge in [0.15, 0.2) is 6.10 Å². The van der Waals surface area contributed by atoms with E-state index in [4.69, 9.17) is 15.6 Å². The Kier molecular flexibility index (Phi) is 6.45. The second-order valence-corrected chi connectivity index (χ2v) is 5.28. The average Bonchev–Trinajstić information content (AvgIpc) is 2.81. The number of thioether (sulfide) groups is 1. The third kappa shape index (κ3) is 4.83. The quantitative estimate of drug-likeness (QED) is 0.596. The lowest BCUT2D eigenvalue weighted by atomic mass is 10.2. The Balaban J connectivity index is 2.21. The van der Waals surface area contributed by atoms with Crippen molar-refractivity contribution in [2.75, 3.05) is 18.6 Å². The van der Waals surface area contributed by atoms with Gasteiger partial charge in [-0.05, 0) is 31.3 Å². The molecule has 1 amide bonds. The van der Waals surface area contributed by atoms with E-state index in [2.05, 4.69) is 5.32 Å². The van der Waals surface area contributed by atoms with E-state index < -0.39 is 18.1 Å². The van der Waals surface area contributed by atoms with E-state index in [-0.39, 0.29) is 12.0 Å². The van der Waals surface area contributed by atoms with Crippen LogP contribution in [0.2, 0.25) is 0 Å². The topological polar surface area (TPSA) is 102 Å². The van der Waals surface area contributed by atoms with E-state index in [1.165, 1.54) is 0 Å². The molecule has 0 aromatic carbocycles. The minimum absolute atomic E-state index is 0.202. The fraction of sp³-hybridized carbons (Fsp3) is 0.818. The molecule has 6 nitrogen and oxygen atoms in total. The number of ether oxygens (including phenoxy) is 1. The Morgan fingerprint density at radius 3 is 2.83 bits per heavy atom. The van der Waals surface area contributed by atoms with E-state index in [9.17, 15) is 9.59 Å².